The fraction of sp³-hybridized carbons (Fsp3) is 0.533. The number of carbonyl (C=O) groups is 1. The van der Waals surface area contributed by atoms with E-state index < -0.39 is 9.84 Å². The van der Waals surface area contributed by atoms with Gasteiger partial charge in [-0.05, 0) is 18.9 Å². The van der Waals surface area contributed by atoms with Gasteiger partial charge in [-0.15, -0.1) is 0 Å². The van der Waals surface area contributed by atoms with E-state index in [4.69, 9.17) is 0 Å². The Labute approximate surface area is 121 Å². The molecule has 4 nitrogen and oxygen atoms in total. The van der Waals surface area contributed by atoms with Crippen LogP contribution in [-0.4, -0.2) is 43.8 Å². The highest BCUT2D eigenvalue weighted by molar-refractivity contribution is 7.91. The zero-order valence-electron chi connectivity index (χ0n) is 12.4. The Morgan fingerprint density at radius 1 is 1.25 bits per heavy atom. The van der Waals surface area contributed by atoms with Gasteiger partial charge in [0.2, 0.25) is 5.91 Å². The topological polar surface area (TPSA) is 54.5 Å². The average molecular weight is 297 g/mol. The van der Waals surface area contributed by atoms with E-state index in [0.717, 1.165) is 5.56 Å². The van der Waals surface area contributed by atoms with Gasteiger partial charge >= 0.3 is 0 Å². The number of aryl methyl sites for hydroxylation is 1. The Hall–Kier alpha value is -1.36. The molecular formula is C15H23NO3S. The first kappa shape index (κ1) is 16.7. The van der Waals surface area contributed by atoms with Gasteiger partial charge in [0.05, 0.1) is 5.75 Å². The molecule has 1 atom stereocenters. The SMILES string of the molecule is CCS(=O)(=O)C[C@H](C)N(C)C(=O)CCc1ccccc1. The molecular weight excluding hydrogens is 274 g/mol. The maximum absolute atomic E-state index is 12.1. The summed E-state index contributed by atoms with van der Waals surface area (Å²) in [5.74, 6) is 0.119. The molecule has 0 fully saturated rings. The van der Waals surface area contributed by atoms with E-state index in [2.05, 4.69) is 0 Å². The van der Waals surface area contributed by atoms with Gasteiger partial charge in [-0.1, -0.05) is 37.3 Å². The van der Waals surface area contributed by atoms with Crippen molar-refractivity contribution in [3.8, 4) is 0 Å². The lowest BCUT2D eigenvalue weighted by Gasteiger charge is -2.24. The maximum atomic E-state index is 12.1. The van der Waals surface area contributed by atoms with Gasteiger partial charge in [0.15, 0.2) is 9.84 Å². The van der Waals surface area contributed by atoms with E-state index in [1.807, 2.05) is 30.3 Å². The Bertz CT molecular complexity index is 525. The number of nitrogens with zero attached hydrogens (tertiary/aromatic N) is 1. The zero-order chi connectivity index (χ0) is 15.2. The van der Waals surface area contributed by atoms with E-state index in [-0.39, 0.29) is 23.5 Å². The van der Waals surface area contributed by atoms with Gasteiger partial charge in [0.25, 0.3) is 0 Å². The van der Waals surface area contributed by atoms with Crippen LogP contribution < -0.4 is 0 Å². The Morgan fingerprint density at radius 2 is 1.85 bits per heavy atom. The molecule has 0 heterocycles. The first-order valence-corrected chi connectivity index (χ1v) is 8.68. The lowest BCUT2D eigenvalue weighted by atomic mass is 10.1. The third-order valence-electron chi connectivity index (χ3n) is 3.46. The summed E-state index contributed by atoms with van der Waals surface area (Å²) in [6, 6.07) is 9.51. The number of hydrogen-bond donors (Lipinski definition) is 0. The summed E-state index contributed by atoms with van der Waals surface area (Å²) in [5, 5.41) is 0. The quantitative estimate of drug-likeness (QED) is 0.772. The molecule has 1 aromatic carbocycles. The second kappa shape index (κ2) is 7.43. The number of benzene rings is 1. The van der Waals surface area contributed by atoms with Crippen molar-refractivity contribution in [1.29, 1.82) is 0 Å². The van der Waals surface area contributed by atoms with E-state index in [1.165, 1.54) is 4.90 Å². The minimum atomic E-state index is -3.06. The fourth-order valence-electron chi connectivity index (χ4n) is 1.92. The monoisotopic (exact) mass is 297 g/mol. The van der Waals surface area contributed by atoms with Crippen molar-refractivity contribution < 1.29 is 13.2 Å². The Morgan fingerprint density at radius 3 is 2.40 bits per heavy atom. The smallest absolute Gasteiger partial charge is 0.222 e. The van der Waals surface area contributed by atoms with Crippen LogP contribution in [0, 0.1) is 0 Å². The van der Waals surface area contributed by atoms with Crippen molar-refractivity contribution in [2.75, 3.05) is 18.6 Å². The minimum absolute atomic E-state index is 0.0207. The first-order valence-electron chi connectivity index (χ1n) is 6.85. The summed E-state index contributed by atoms with van der Waals surface area (Å²) in [5.41, 5.74) is 1.11. The lowest BCUT2D eigenvalue weighted by Crippen LogP contribution is -2.39. The molecule has 0 aromatic heterocycles. The summed E-state index contributed by atoms with van der Waals surface area (Å²) in [6.07, 6.45) is 1.08. The van der Waals surface area contributed by atoms with Crippen LogP contribution in [-0.2, 0) is 21.1 Å². The zero-order valence-corrected chi connectivity index (χ0v) is 13.2. The molecule has 0 saturated heterocycles. The molecule has 0 aliphatic rings. The van der Waals surface area contributed by atoms with Crippen molar-refractivity contribution in [3.05, 3.63) is 35.9 Å². The number of carbonyl (C=O) groups excluding carboxylic acids is 1. The lowest BCUT2D eigenvalue weighted by molar-refractivity contribution is -0.131. The van der Waals surface area contributed by atoms with Gasteiger partial charge in [0.1, 0.15) is 0 Å². The average Bonchev–Trinajstić information content (AvgIpc) is 2.44. The third-order valence-corrected chi connectivity index (χ3v) is 5.33. The number of rotatable bonds is 7. The van der Waals surface area contributed by atoms with E-state index in [0.29, 0.717) is 12.8 Å². The number of sulfone groups is 1. The van der Waals surface area contributed by atoms with E-state index in [1.54, 1.807) is 20.9 Å². The molecule has 0 bridgehead atoms. The summed E-state index contributed by atoms with van der Waals surface area (Å²) < 4.78 is 23.2. The van der Waals surface area contributed by atoms with Gasteiger partial charge in [0, 0.05) is 25.3 Å². The van der Waals surface area contributed by atoms with Gasteiger partial charge in [-0.3, -0.25) is 4.79 Å². The number of amides is 1. The van der Waals surface area contributed by atoms with Crippen molar-refractivity contribution in [2.24, 2.45) is 0 Å². The minimum Gasteiger partial charge on any atom is -0.342 e. The second-order valence-electron chi connectivity index (χ2n) is 5.04. The molecule has 0 aliphatic carbocycles. The van der Waals surface area contributed by atoms with Crippen LogP contribution >= 0.6 is 0 Å². The second-order valence-corrected chi connectivity index (χ2v) is 7.44. The van der Waals surface area contributed by atoms with Crippen molar-refractivity contribution in [3.63, 3.8) is 0 Å². The van der Waals surface area contributed by atoms with Crippen molar-refractivity contribution >= 4 is 15.7 Å². The van der Waals surface area contributed by atoms with Crippen LogP contribution in [0.4, 0.5) is 0 Å². The van der Waals surface area contributed by atoms with Gasteiger partial charge < -0.3 is 4.90 Å². The normalized spacial score (nSPS) is 12.9. The van der Waals surface area contributed by atoms with E-state index >= 15 is 0 Å². The predicted molar refractivity (Wildman–Crippen MR) is 81.3 cm³/mol. The summed E-state index contributed by atoms with van der Waals surface area (Å²) in [6.45, 7) is 3.40. The van der Waals surface area contributed by atoms with Crippen LogP contribution in [0.5, 0.6) is 0 Å². The maximum Gasteiger partial charge on any atom is 0.222 e. The molecule has 0 aliphatic heterocycles. The number of hydrogen-bond acceptors (Lipinski definition) is 3. The summed E-state index contributed by atoms with van der Waals surface area (Å²) in [7, 11) is -1.39. The fourth-order valence-corrected chi connectivity index (χ4v) is 3.11. The van der Waals surface area contributed by atoms with Crippen LogP contribution in [0.1, 0.15) is 25.8 Å². The summed E-state index contributed by atoms with van der Waals surface area (Å²) >= 11 is 0. The molecule has 1 rings (SSSR count). The van der Waals surface area contributed by atoms with Crippen LogP contribution in [0.2, 0.25) is 0 Å². The standard InChI is InChI=1S/C15H23NO3S/c1-4-20(18,19)12-13(2)16(3)15(17)11-10-14-8-6-5-7-9-14/h5-9,13H,4,10-12H2,1-3H3/t13-/m0/s1. The van der Waals surface area contributed by atoms with Gasteiger partial charge in [-0.25, -0.2) is 8.42 Å². The molecule has 112 valence electrons. The molecule has 0 radical (unpaired) electrons. The third kappa shape index (κ3) is 5.33. The van der Waals surface area contributed by atoms with Crippen molar-refractivity contribution in [2.45, 2.75) is 32.7 Å². The highest BCUT2D eigenvalue weighted by Gasteiger charge is 2.20. The van der Waals surface area contributed by atoms with E-state index in [9.17, 15) is 13.2 Å². The Balaban J connectivity index is 2.50. The molecule has 1 amide bonds. The summed E-state index contributed by atoms with van der Waals surface area (Å²) in [4.78, 5) is 13.6. The molecule has 1 aromatic rings. The van der Waals surface area contributed by atoms with Crippen LogP contribution in [0.15, 0.2) is 30.3 Å². The first-order chi connectivity index (χ1) is 9.35. The molecule has 0 saturated carbocycles. The highest BCUT2D eigenvalue weighted by atomic mass is 32.2. The van der Waals surface area contributed by atoms with Crippen molar-refractivity contribution in [1.82, 2.24) is 4.90 Å². The molecule has 0 unspecified atom stereocenters. The molecule has 0 spiro atoms. The molecule has 20 heavy (non-hydrogen) atoms. The van der Waals surface area contributed by atoms with Crippen LogP contribution in [0.3, 0.4) is 0 Å². The van der Waals surface area contributed by atoms with Gasteiger partial charge in [-0.2, -0.15) is 0 Å². The highest BCUT2D eigenvalue weighted by Crippen LogP contribution is 2.07. The Kier molecular flexibility index (Phi) is 6.20. The van der Waals surface area contributed by atoms with Crippen LogP contribution in [0.25, 0.3) is 0 Å². The predicted octanol–water partition coefficient (Wildman–Crippen LogP) is 1.90. The molecule has 5 heteroatoms. The largest absolute Gasteiger partial charge is 0.342 e. The molecule has 0 N–H and O–H groups in total.